The van der Waals surface area contributed by atoms with Crippen molar-refractivity contribution in [3.63, 3.8) is 0 Å². The van der Waals surface area contributed by atoms with Gasteiger partial charge >= 0.3 is 0 Å². The van der Waals surface area contributed by atoms with Crippen LogP contribution in [-0.4, -0.2) is 21.9 Å². The van der Waals surface area contributed by atoms with E-state index in [2.05, 4.69) is 35.9 Å². The molecule has 0 saturated heterocycles. The highest BCUT2D eigenvalue weighted by atomic mass is 79.9. The summed E-state index contributed by atoms with van der Waals surface area (Å²) in [6.45, 7) is 0. The van der Waals surface area contributed by atoms with Gasteiger partial charge in [0.1, 0.15) is 0 Å². The molecule has 0 saturated carbocycles. The molecule has 0 atom stereocenters. The van der Waals surface area contributed by atoms with Crippen LogP contribution >= 0.6 is 27.7 Å². The molecule has 0 aliphatic carbocycles. The fourth-order valence-corrected chi connectivity index (χ4v) is 2.35. The summed E-state index contributed by atoms with van der Waals surface area (Å²) in [4.78, 5) is 17.1. The average Bonchev–Trinajstić information content (AvgIpc) is 2.42. The van der Waals surface area contributed by atoms with Crippen LogP contribution in [0.2, 0.25) is 0 Å². The van der Waals surface area contributed by atoms with Gasteiger partial charge in [-0.05, 0) is 39.8 Å². The Morgan fingerprint density at radius 1 is 1.10 bits per heavy atom. The summed E-state index contributed by atoms with van der Waals surface area (Å²) in [5.41, 5.74) is 16.8. The van der Waals surface area contributed by atoms with Crippen molar-refractivity contribution in [2.45, 2.75) is 10.1 Å². The Balaban J connectivity index is 2.29. The average molecular weight is 366 g/mol. The molecule has 0 aliphatic rings. The SMILES string of the molecule is NC(N)=NC(N)=Nc1ccccc1Sc1ncc(Br)cn1. The minimum atomic E-state index is -0.141. The molecule has 2 aromatic rings. The third kappa shape index (κ3) is 4.72. The first kappa shape index (κ1) is 15.3. The van der Waals surface area contributed by atoms with Gasteiger partial charge in [0, 0.05) is 17.3 Å². The summed E-state index contributed by atoms with van der Waals surface area (Å²) in [5.74, 6) is -0.155. The maximum Gasteiger partial charge on any atom is 0.223 e. The Morgan fingerprint density at radius 3 is 2.43 bits per heavy atom. The molecule has 1 aromatic heterocycles. The number of benzene rings is 1. The van der Waals surface area contributed by atoms with E-state index in [0.29, 0.717) is 10.8 Å². The van der Waals surface area contributed by atoms with Gasteiger partial charge in [0.05, 0.1) is 10.2 Å². The molecule has 0 radical (unpaired) electrons. The lowest BCUT2D eigenvalue weighted by Crippen LogP contribution is -2.26. The standard InChI is InChI=1S/C12H12BrN7S/c13-7-5-17-12(18-6-7)21-9-4-2-1-3-8(9)19-11(16)20-10(14)15/h1-6H,(H6,14,15,16,19,20). The van der Waals surface area contributed by atoms with Gasteiger partial charge < -0.3 is 17.2 Å². The second kappa shape index (κ2) is 7.04. The zero-order valence-electron chi connectivity index (χ0n) is 10.8. The van der Waals surface area contributed by atoms with Crippen molar-refractivity contribution in [1.29, 1.82) is 0 Å². The number of aliphatic imine (C=N–C) groups is 2. The number of rotatable bonds is 3. The van der Waals surface area contributed by atoms with E-state index < -0.39 is 0 Å². The van der Waals surface area contributed by atoms with Crippen LogP contribution in [0.5, 0.6) is 0 Å². The molecule has 108 valence electrons. The molecule has 0 spiro atoms. The van der Waals surface area contributed by atoms with Gasteiger partial charge in [0.15, 0.2) is 11.1 Å². The van der Waals surface area contributed by atoms with E-state index in [1.165, 1.54) is 11.8 Å². The van der Waals surface area contributed by atoms with E-state index in [1.54, 1.807) is 18.5 Å². The normalized spacial score (nSPS) is 11.2. The predicted octanol–water partition coefficient (Wildman–Crippen LogP) is 1.61. The van der Waals surface area contributed by atoms with Gasteiger partial charge in [-0.15, -0.1) is 0 Å². The molecule has 0 unspecified atom stereocenters. The van der Waals surface area contributed by atoms with Crippen LogP contribution in [0.25, 0.3) is 0 Å². The Labute approximate surface area is 133 Å². The highest BCUT2D eigenvalue weighted by molar-refractivity contribution is 9.10. The smallest absolute Gasteiger partial charge is 0.223 e. The van der Waals surface area contributed by atoms with Gasteiger partial charge in [-0.25, -0.2) is 15.0 Å². The van der Waals surface area contributed by atoms with Gasteiger partial charge in [0.25, 0.3) is 0 Å². The summed E-state index contributed by atoms with van der Waals surface area (Å²) in [6, 6.07) is 7.42. The first-order valence-electron chi connectivity index (χ1n) is 5.73. The number of halogens is 1. The fourth-order valence-electron chi connectivity index (χ4n) is 1.37. The van der Waals surface area contributed by atoms with Crippen LogP contribution in [0, 0.1) is 0 Å². The Morgan fingerprint density at radius 2 is 1.76 bits per heavy atom. The molecule has 7 nitrogen and oxygen atoms in total. The second-order valence-corrected chi connectivity index (χ2v) is 5.69. The van der Waals surface area contributed by atoms with Gasteiger partial charge in [-0.1, -0.05) is 12.1 Å². The van der Waals surface area contributed by atoms with Crippen molar-refractivity contribution in [2.75, 3.05) is 0 Å². The molecule has 1 aromatic carbocycles. The maximum absolute atomic E-state index is 5.64. The van der Waals surface area contributed by atoms with Crippen molar-refractivity contribution in [3.8, 4) is 0 Å². The van der Waals surface area contributed by atoms with Crippen molar-refractivity contribution in [2.24, 2.45) is 27.2 Å². The number of guanidine groups is 2. The zero-order valence-corrected chi connectivity index (χ0v) is 13.2. The highest BCUT2D eigenvalue weighted by Gasteiger charge is 2.06. The number of aromatic nitrogens is 2. The molecule has 6 N–H and O–H groups in total. The molecule has 0 bridgehead atoms. The molecule has 0 fully saturated rings. The van der Waals surface area contributed by atoms with Crippen LogP contribution in [0.3, 0.4) is 0 Å². The lowest BCUT2D eigenvalue weighted by molar-refractivity contribution is 0.958. The van der Waals surface area contributed by atoms with E-state index in [0.717, 1.165) is 9.37 Å². The first-order valence-corrected chi connectivity index (χ1v) is 7.34. The van der Waals surface area contributed by atoms with Crippen LogP contribution in [0.1, 0.15) is 0 Å². The molecule has 21 heavy (non-hydrogen) atoms. The highest BCUT2D eigenvalue weighted by Crippen LogP contribution is 2.33. The zero-order chi connectivity index (χ0) is 15.2. The third-order valence-corrected chi connectivity index (χ3v) is 3.51. The summed E-state index contributed by atoms with van der Waals surface area (Å²) >= 11 is 4.66. The largest absolute Gasteiger partial charge is 0.370 e. The van der Waals surface area contributed by atoms with E-state index in [1.807, 2.05) is 18.2 Å². The van der Waals surface area contributed by atoms with E-state index >= 15 is 0 Å². The molecule has 1 heterocycles. The summed E-state index contributed by atoms with van der Waals surface area (Å²) < 4.78 is 0.815. The van der Waals surface area contributed by atoms with Crippen LogP contribution in [-0.2, 0) is 0 Å². The quantitative estimate of drug-likeness (QED) is 0.430. The van der Waals surface area contributed by atoms with E-state index in [9.17, 15) is 0 Å². The minimum Gasteiger partial charge on any atom is -0.370 e. The molecular formula is C12H12BrN7S. The summed E-state index contributed by atoms with van der Waals surface area (Å²) in [5, 5.41) is 0.598. The van der Waals surface area contributed by atoms with E-state index in [-0.39, 0.29) is 11.9 Å². The Hall–Kier alpha value is -2.13. The van der Waals surface area contributed by atoms with Crippen LogP contribution < -0.4 is 17.2 Å². The van der Waals surface area contributed by atoms with Crippen molar-refractivity contribution >= 4 is 45.3 Å². The monoisotopic (exact) mass is 365 g/mol. The predicted molar refractivity (Wildman–Crippen MR) is 87.4 cm³/mol. The lowest BCUT2D eigenvalue weighted by Gasteiger charge is -2.04. The van der Waals surface area contributed by atoms with Crippen molar-refractivity contribution < 1.29 is 0 Å². The van der Waals surface area contributed by atoms with E-state index in [4.69, 9.17) is 17.2 Å². The minimum absolute atomic E-state index is 0.0141. The topological polar surface area (TPSA) is 129 Å². The Kier molecular flexibility index (Phi) is 5.12. The molecular weight excluding hydrogens is 354 g/mol. The second-order valence-electron chi connectivity index (χ2n) is 3.76. The van der Waals surface area contributed by atoms with Crippen molar-refractivity contribution in [1.82, 2.24) is 9.97 Å². The number of hydrogen-bond acceptors (Lipinski definition) is 4. The van der Waals surface area contributed by atoms with Crippen LogP contribution in [0.15, 0.2) is 61.2 Å². The Bertz CT molecular complexity index is 680. The molecule has 9 heteroatoms. The van der Waals surface area contributed by atoms with Crippen LogP contribution in [0.4, 0.5) is 5.69 Å². The first-order chi connectivity index (χ1) is 10.0. The molecule has 2 rings (SSSR count). The molecule has 0 amide bonds. The number of hydrogen-bond donors (Lipinski definition) is 3. The summed E-state index contributed by atoms with van der Waals surface area (Å²) in [7, 11) is 0. The molecule has 0 aliphatic heterocycles. The lowest BCUT2D eigenvalue weighted by atomic mass is 10.3. The fraction of sp³-hybridized carbons (Fsp3) is 0. The van der Waals surface area contributed by atoms with Gasteiger partial charge in [0.2, 0.25) is 5.96 Å². The number of nitrogens with two attached hydrogens (primary N) is 3. The number of nitrogens with zero attached hydrogens (tertiary/aromatic N) is 4. The maximum atomic E-state index is 5.64. The number of para-hydroxylation sites is 1. The summed E-state index contributed by atoms with van der Waals surface area (Å²) in [6.07, 6.45) is 3.35. The van der Waals surface area contributed by atoms with Gasteiger partial charge in [-0.3, -0.25) is 0 Å². The van der Waals surface area contributed by atoms with Gasteiger partial charge in [-0.2, -0.15) is 4.99 Å². The van der Waals surface area contributed by atoms with Crippen molar-refractivity contribution in [3.05, 3.63) is 41.1 Å². The third-order valence-electron chi connectivity index (χ3n) is 2.14.